The minimum absolute atomic E-state index is 0.119. The largest absolute Gasteiger partial charge is 0.478 e. The average molecular weight is 342 g/mol. The van der Waals surface area contributed by atoms with E-state index in [-0.39, 0.29) is 23.4 Å². The molecule has 0 aromatic heterocycles. The van der Waals surface area contributed by atoms with Crippen LogP contribution in [0.1, 0.15) is 41.5 Å². The highest BCUT2D eigenvalue weighted by Gasteiger charge is 2.20. The number of benzene rings is 1. The quantitative estimate of drug-likeness (QED) is 0.597. The van der Waals surface area contributed by atoms with Gasteiger partial charge in [0.1, 0.15) is 0 Å². The third-order valence-corrected chi connectivity index (χ3v) is 4.83. The number of rotatable bonds is 6. The molecule has 2 N–H and O–H groups in total. The van der Waals surface area contributed by atoms with E-state index in [1.54, 1.807) is 0 Å². The Morgan fingerprint density at radius 2 is 1.83 bits per heavy atom. The van der Waals surface area contributed by atoms with Crippen LogP contribution in [-0.4, -0.2) is 43.2 Å². The van der Waals surface area contributed by atoms with Crippen molar-refractivity contribution < 1.29 is 23.8 Å². The molecule has 1 aromatic rings. The van der Waals surface area contributed by atoms with Crippen LogP contribution in [0.25, 0.3) is 0 Å². The van der Waals surface area contributed by atoms with E-state index in [2.05, 4.69) is 5.32 Å². The van der Waals surface area contributed by atoms with Crippen molar-refractivity contribution in [1.82, 2.24) is 5.32 Å². The molecular weight excluding hydrogens is 324 g/mol. The second-order valence-corrected chi connectivity index (χ2v) is 8.07. The van der Waals surface area contributed by atoms with E-state index in [1.807, 2.05) is 20.8 Å². The van der Waals surface area contributed by atoms with Crippen LogP contribution < -0.4 is 5.32 Å². The lowest BCUT2D eigenvalue weighted by molar-refractivity contribution is -0.384. The van der Waals surface area contributed by atoms with Crippen LogP contribution in [0.3, 0.4) is 0 Å². The van der Waals surface area contributed by atoms with Crippen LogP contribution in [0.15, 0.2) is 18.2 Å². The van der Waals surface area contributed by atoms with Gasteiger partial charge in [0.2, 0.25) is 0 Å². The second-order valence-electron chi connectivity index (χ2n) is 5.75. The SMILES string of the molecule is CC(C)(C)S(=O)CCNC(=O)c1cc(C(=O)O)cc([N+](=O)[O-])c1. The number of amides is 1. The van der Waals surface area contributed by atoms with Gasteiger partial charge in [-0.15, -0.1) is 0 Å². The molecule has 8 nitrogen and oxygen atoms in total. The van der Waals surface area contributed by atoms with Crippen LogP contribution in [-0.2, 0) is 10.8 Å². The monoisotopic (exact) mass is 342 g/mol. The smallest absolute Gasteiger partial charge is 0.335 e. The number of carboxylic acids is 1. The highest BCUT2D eigenvalue weighted by molar-refractivity contribution is 7.86. The first-order chi connectivity index (χ1) is 10.5. The lowest BCUT2D eigenvalue weighted by Crippen LogP contribution is -2.32. The molecule has 0 aliphatic heterocycles. The summed E-state index contributed by atoms with van der Waals surface area (Å²) in [6.07, 6.45) is 0. The Hall–Kier alpha value is -2.29. The van der Waals surface area contributed by atoms with Crippen LogP contribution in [0, 0.1) is 10.1 Å². The van der Waals surface area contributed by atoms with E-state index >= 15 is 0 Å². The zero-order chi connectivity index (χ0) is 17.8. The van der Waals surface area contributed by atoms with Crippen LogP contribution in [0.5, 0.6) is 0 Å². The van der Waals surface area contributed by atoms with Crippen molar-refractivity contribution in [1.29, 1.82) is 0 Å². The fourth-order valence-corrected chi connectivity index (χ4v) is 2.54. The molecule has 126 valence electrons. The minimum Gasteiger partial charge on any atom is -0.478 e. The number of non-ortho nitro benzene ring substituents is 1. The molecule has 1 amide bonds. The molecule has 0 bridgehead atoms. The molecule has 1 atom stereocenters. The standard InChI is InChI=1S/C14H18N2O6S/c1-14(2,3)23(22)5-4-15-12(17)9-6-10(13(18)19)8-11(7-9)16(20)21/h6-8H,4-5H2,1-3H3,(H,15,17)(H,18,19). The number of carbonyl (C=O) groups excluding carboxylic acids is 1. The first-order valence-electron chi connectivity index (χ1n) is 6.72. The summed E-state index contributed by atoms with van der Waals surface area (Å²) in [5.41, 5.74) is -0.950. The molecule has 0 aliphatic carbocycles. The summed E-state index contributed by atoms with van der Waals surface area (Å²) in [5, 5.41) is 22.2. The van der Waals surface area contributed by atoms with Gasteiger partial charge >= 0.3 is 5.97 Å². The molecule has 0 saturated carbocycles. The molecule has 0 heterocycles. The Bertz CT molecular complexity index is 633. The van der Waals surface area contributed by atoms with Gasteiger partial charge in [0.05, 0.1) is 10.5 Å². The van der Waals surface area contributed by atoms with Gasteiger partial charge < -0.3 is 10.4 Å². The van der Waals surface area contributed by atoms with Gasteiger partial charge in [0.25, 0.3) is 11.6 Å². The van der Waals surface area contributed by atoms with E-state index in [0.717, 1.165) is 18.2 Å². The van der Waals surface area contributed by atoms with Crippen molar-refractivity contribution >= 4 is 28.4 Å². The number of nitro benzene ring substituents is 1. The molecule has 1 unspecified atom stereocenters. The molecule has 1 aromatic carbocycles. The van der Waals surface area contributed by atoms with Gasteiger partial charge in [-0.3, -0.25) is 19.1 Å². The van der Waals surface area contributed by atoms with Crippen LogP contribution in [0.4, 0.5) is 5.69 Å². The van der Waals surface area contributed by atoms with Gasteiger partial charge in [-0.2, -0.15) is 0 Å². The maximum absolute atomic E-state index is 12.0. The van der Waals surface area contributed by atoms with Crippen molar-refractivity contribution in [3.8, 4) is 0 Å². The van der Waals surface area contributed by atoms with Crippen molar-refractivity contribution in [2.75, 3.05) is 12.3 Å². The number of carbonyl (C=O) groups is 2. The van der Waals surface area contributed by atoms with E-state index in [9.17, 15) is 23.9 Å². The highest BCUT2D eigenvalue weighted by Crippen LogP contribution is 2.17. The summed E-state index contributed by atoms with van der Waals surface area (Å²) in [7, 11) is -1.15. The summed E-state index contributed by atoms with van der Waals surface area (Å²) >= 11 is 0. The first-order valence-corrected chi connectivity index (χ1v) is 8.03. The minimum atomic E-state index is -1.36. The summed E-state index contributed by atoms with van der Waals surface area (Å²) in [5.74, 6) is -1.78. The van der Waals surface area contributed by atoms with Crippen molar-refractivity contribution in [3.63, 3.8) is 0 Å². The Morgan fingerprint density at radius 3 is 2.30 bits per heavy atom. The van der Waals surface area contributed by atoms with Crippen molar-refractivity contribution in [3.05, 3.63) is 39.4 Å². The van der Waals surface area contributed by atoms with Gasteiger partial charge in [-0.1, -0.05) is 0 Å². The Balaban J connectivity index is 2.85. The molecule has 0 saturated heterocycles. The van der Waals surface area contributed by atoms with Gasteiger partial charge in [0.15, 0.2) is 0 Å². The van der Waals surface area contributed by atoms with Crippen LogP contribution >= 0.6 is 0 Å². The van der Waals surface area contributed by atoms with Gasteiger partial charge in [0, 0.05) is 45.5 Å². The maximum atomic E-state index is 12.0. The molecular formula is C14H18N2O6S. The number of hydrogen-bond acceptors (Lipinski definition) is 5. The van der Waals surface area contributed by atoms with E-state index < -0.39 is 38.0 Å². The molecule has 0 radical (unpaired) electrons. The number of carboxylic acid groups (broad SMARTS) is 1. The van der Waals surface area contributed by atoms with Crippen molar-refractivity contribution in [2.24, 2.45) is 0 Å². The second kappa shape index (κ2) is 7.32. The molecule has 0 spiro atoms. The van der Waals surface area contributed by atoms with E-state index in [4.69, 9.17) is 5.11 Å². The zero-order valence-electron chi connectivity index (χ0n) is 13.0. The lowest BCUT2D eigenvalue weighted by atomic mass is 10.1. The first kappa shape index (κ1) is 18.8. The third-order valence-electron chi connectivity index (χ3n) is 2.89. The zero-order valence-corrected chi connectivity index (χ0v) is 13.8. The number of nitro groups is 1. The number of nitrogens with zero attached hydrogens (tertiary/aromatic N) is 1. The van der Waals surface area contributed by atoms with Crippen LogP contribution in [0.2, 0.25) is 0 Å². The summed E-state index contributed by atoms with van der Waals surface area (Å²) in [4.78, 5) is 33.0. The third kappa shape index (κ3) is 5.44. The Kier molecular flexibility index (Phi) is 5.97. The molecule has 9 heteroatoms. The summed E-state index contributed by atoms with van der Waals surface area (Å²) in [6.45, 7) is 5.55. The fraction of sp³-hybridized carbons (Fsp3) is 0.429. The highest BCUT2D eigenvalue weighted by atomic mass is 32.2. The number of aromatic carboxylic acids is 1. The fourth-order valence-electron chi connectivity index (χ4n) is 1.64. The predicted octanol–water partition coefficient (Wildman–Crippen LogP) is 1.57. The molecule has 1 rings (SSSR count). The lowest BCUT2D eigenvalue weighted by Gasteiger charge is -2.17. The van der Waals surface area contributed by atoms with E-state index in [1.165, 1.54) is 0 Å². The maximum Gasteiger partial charge on any atom is 0.335 e. The summed E-state index contributed by atoms with van der Waals surface area (Å²) < 4.78 is 11.5. The molecule has 0 aliphatic rings. The normalized spacial score (nSPS) is 12.5. The topological polar surface area (TPSA) is 127 Å². The predicted molar refractivity (Wildman–Crippen MR) is 85.2 cm³/mol. The Morgan fingerprint density at radius 1 is 1.26 bits per heavy atom. The number of hydrogen-bond donors (Lipinski definition) is 2. The molecule has 23 heavy (non-hydrogen) atoms. The average Bonchev–Trinajstić information content (AvgIpc) is 2.45. The Labute approximate surface area is 135 Å². The molecule has 0 fully saturated rings. The number of nitrogens with one attached hydrogen (secondary N) is 1. The summed E-state index contributed by atoms with van der Waals surface area (Å²) in [6, 6.07) is 2.95. The van der Waals surface area contributed by atoms with Gasteiger partial charge in [-0.05, 0) is 26.8 Å². The van der Waals surface area contributed by atoms with Gasteiger partial charge in [-0.25, -0.2) is 4.79 Å². The van der Waals surface area contributed by atoms with E-state index in [0.29, 0.717) is 0 Å². The van der Waals surface area contributed by atoms with Crippen molar-refractivity contribution in [2.45, 2.75) is 25.5 Å².